The van der Waals surface area contributed by atoms with E-state index in [4.69, 9.17) is 0 Å². The summed E-state index contributed by atoms with van der Waals surface area (Å²) in [6.45, 7) is 2.20. The maximum absolute atomic E-state index is 3.84. The number of rotatable bonds is 8. The van der Waals surface area contributed by atoms with Crippen molar-refractivity contribution in [2.45, 2.75) is 6.92 Å². The van der Waals surface area contributed by atoms with E-state index in [9.17, 15) is 0 Å². The van der Waals surface area contributed by atoms with Crippen molar-refractivity contribution in [2.75, 3.05) is 10.2 Å². The molecule has 0 aromatic heterocycles. The summed E-state index contributed by atoms with van der Waals surface area (Å²) in [4.78, 5) is 2.34. The van der Waals surface area contributed by atoms with Crippen LogP contribution in [0.15, 0.2) is 218 Å². The molecule has 0 bridgehead atoms. The number of hydrogen-bond donors (Lipinski definition) is 1. The lowest BCUT2D eigenvalue weighted by Crippen LogP contribution is -2.10. The molecule has 0 saturated heterocycles. The first-order valence-electron chi connectivity index (χ1n) is 19.6. The van der Waals surface area contributed by atoms with Crippen LogP contribution < -0.4 is 10.2 Å². The van der Waals surface area contributed by atoms with Gasteiger partial charge in [-0.2, -0.15) is 0 Å². The van der Waals surface area contributed by atoms with Crippen molar-refractivity contribution in [2.24, 2.45) is 0 Å². The topological polar surface area (TPSA) is 15.3 Å². The van der Waals surface area contributed by atoms with Gasteiger partial charge < -0.3 is 10.2 Å². The molecule has 2 heteroatoms. The van der Waals surface area contributed by atoms with Crippen molar-refractivity contribution in [3.8, 4) is 33.4 Å². The van der Waals surface area contributed by atoms with E-state index in [1.807, 2.05) is 0 Å². The average molecular weight is 729 g/mol. The van der Waals surface area contributed by atoms with Gasteiger partial charge in [0, 0.05) is 33.7 Å². The van der Waals surface area contributed by atoms with E-state index in [0.29, 0.717) is 0 Å². The Bertz CT molecular complexity index is 2980. The summed E-state index contributed by atoms with van der Waals surface area (Å²) >= 11 is 0. The van der Waals surface area contributed by atoms with E-state index in [0.717, 1.165) is 34.0 Å². The SMILES string of the molecule is Cc1ccccc1-c1cc(-c2c3ccccc3c(-c3ccccc3)c3ccccc23)ccc1Nc1ccc(N(c2ccccc2)c2cccc3ccccc23)cc1. The van der Waals surface area contributed by atoms with E-state index in [2.05, 4.69) is 236 Å². The van der Waals surface area contributed by atoms with Gasteiger partial charge in [0.25, 0.3) is 0 Å². The number of nitrogens with zero attached hydrogens (tertiary/aromatic N) is 1. The first kappa shape index (κ1) is 34.1. The molecule has 2 nitrogen and oxygen atoms in total. The Morgan fingerprint density at radius 1 is 0.368 bits per heavy atom. The van der Waals surface area contributed by atoms with Crippen molar-refractivity contribution in [1.82, 2.24) is 0 Å². The third-order valence-electron chi connectivity index (χ3n) is 11.2. The summed E-state index contributed by atoms with van der Waals surface area (Å²) in [5.74, 6) is 0. The third-order valence-corrected chi connectivity index (χ3v) is 11.2. The lowest BCUT2D eigenvalue weighted by atomic mass is 9.85. The predicted molar refractivity (Wildman–Crippen MR) is 244 cm³/mol. The molecule has 0 unspecified atom stereocenters. The fourth-order valence-corrected chi connectivity index (χ4v) is 8.52. The maximum atomic E-state index is 3.84. The van der Waals surface area contributed by atoms with Crippen LogP contribution in [0, 0.1) is 6.92 Å². The van der Waals surface area contributed by atoms with E-state index in [-0.39, 0.29) is 0 Å². The number of fused-ring (bicyclic) bond motifs is 3. The van der Waals surface area contributed by atoms with E-state index in [1.54, 1.807) is 0 Å². The van der Waals surface area contributed by atoms with Crippen molar-refractivity contribution >= 4 is 60.8 Å². The van der Waals surface area contributed by atoms with Crippen LogP contribution in [0.3, 0.4) is 0 Å². The van der Waals surface area contributed by atoms with Crippen LogP contribution in [-0.2, 0) is 0 Å². The second-order valence-electron chi connectivity index (χ2n) is 14.6. The summed E-state index contributed by atoms with van der Waals surface area (Å²) in [6, 6.07) is 78.7. The largest absolute Gasteiger partial charge is 0.355 e. The summed E-state index contributed by atoms with van der Waals surface area (Å²) in [7, 11) is 0. The van der Waals surface area contributed by atoms with Gasteiger partial charge in [0.15, 0.2) is 0 Å². The molecule has 0 atom stereocenters. The number of anilines is 5. The Morgan fingerprint density at radius 3 is 1.56 bits per heavy atom. The van der Waals surface area contributed by atoms with Crippen LogP contribution in [0.2, 0.25) is 0 Å². The Kier molecular flexibility index (Phi) is 8.78. The second-order valence-corrected chi connectivity index (χ2v) is 14.6. The van der Waals surface area contributed by atoms with Crippen LogP contribution in [0.4, 0.5) is 28.4 Å². The predicted octanol–water partition coefficient (Wildman–Crippen LogP) is 15.7. The minimum Gasteiger partial charge on any atom is -0.355 e. The molecular weight excluding hydrogens is 689 g/mol. The summed E-state index contributed by atoms with van der Waals surface area (Å²) < 4.78 is 0. The third kappa shape index (κ3) is 6.28. The molecule has 0 heterocycles. The second kappa shape index (κ2) is 14.7. The molecule has 0 aliphatic carbocycles. The molecule has 10 aromatic carbocycles. The molecule has 0 amide bonds. The van der Waals surface area contributed by atoms with Gasteiger partial charge in [0.2, 0.25) is 0 Å². The fraction of sp³-hybridized carbons (Fsp3) is 0.0182. The number of benzene rings is 10. The highest BCUT2D eigenvalue weighted by molar-refractivity contribution is 6.21. The van der Waals surface area contributed by atoms with Gasteiger partial charge in [-0.3, -0.25) is 0 Å². The molecule has 10 rings (SSSR count). The molecule has 0 spiro atoms. The highest BCUT2D eigenvalue weighted by Crippen LogP contribution is 2.46. The standard InChI is InChI=1S/C55H40N2/c1-38-17-8-10-24-45(38)51-37-41(55-49-28-14-12-26-47(49)54(40-19-4-2-5-20-40)48-27-13-15-29-50(48)55)31-36-52(51)56-42-32-34-44(35-33-42)57(43-22-6-3-7-23-43)53-30-16-21-39-18-9-11-25-46(39)53/h2-37,56H,1H3. The van der Waals surface area contributed by atoms with Gasteiger partial charge in [-0.25, -0.2) is 0 Å². The minimum absolute atomic E-state index is 1.02. The number of para-hydroxylation sites is 1. The van der Waals surface area contributed by atoms with Crippen LogP contribution in [-0.4, -0.2) is 0 Å². The Labute approximate surface area is 333 Å². The molecule has 0 aliphatic rings. The normalized spacial score (nSPS) is 11.2. The van der Waals surface area contributed by atoms with Crippen LogP contribution in [0.5, 0.6) is 0 Å². The molecule has 0 saturated carbocycles. The van der Waals surface area contributed by atoms with Crippen LogP contribution in [0.25, 0.3) is 65.7 Å². The summed E-state index contributed by atoms with van der Waals surface area (Å²) in [5, 5.41) is 11.3. The molecule has 1 N–H and O–H groups in total. The molecule has 0 aliphatic heterocycles. The lowest BCUT2D eigenvalue weighted by molar-refractivity contribution is 1.30. The zero-order chi connectivity index (χ0) is 38.1. The van der Waals surface area contributed by atoms with Gasteiger partial charge >= 0.3 is 0 Å². The van der Waals surface area contributed by atoms with Crippen molar-refractivity contribution in [3.63, 3.8) is 0 Å². The van der Waals surface area contributed by atoms with Crippen molar-refractivity contribution in [3.05, 3.63) is 224 Å². The first-order chi connectivity index (χ1) is 28.2. The van der Waals surface area contributed by atoms with Crippen molar-refractivity contribution in [1.29, 1.82) is 0 Å². The van der Waals surface area contributed by atoms with E-state index in [1.165, 1.54) is 65.7 Å². The first-order valence-corrected chi connectivity index (χ1v) is 19.6. The zero-order valence-corrected chi connectivity index (χ0v) is 31.7. The van der Waals surface area contributed by atoms with Gasteiger partial charge in [-0.15, -0.1) is 0 Å². The molecule has 0 radical (unpaired) electrons. The van der Waals surface area contributed by atoms with Crippen LogP contribution in [0.1, 0.15) is 5.56 Å². The molecule has 270 valence electrons. The molecular formula is C55H40N2. The van der Waals surface area contributed by atoms with Gasteiger partial charge in [-0.1, -0.05) is 164 Å². The Balaban J connectivity index is 1.09. The fourth-order valence-electron chi connectivity index (χ4n) is 8.52. The number of aryl methyl sites for hydroxylation is 1. The summed E-state index contributed by atoms with van der Waals surface area (Å²) in [6.07, 6.45) is 0. The monoisotopic (exact) mass is 728 g/mol. The summed E-state index contributed by atoms with van der Waals surface area (Å²) in [5.41, 5.74) is 14.0. The van der Waals surface area contributed by atoms with Gasteiger partial charge in [0.05, 0.1) is 5.69 Å². The Hall–Kier alpha value is -7.42. The molecule has 57 heavy (non-hydrogen) atoms. The smallest absolute Gasteiger partial charge is 0.0540 e. The van der Waals surface area contributed by atoms with Gasteiger partial charge in [0.1, 0.15) is 0 Å². The Morgan fingerprint density at radius 2 is 0.895 bits per heavy atom. The number of nitrogens with one attached hydrogen (secondary N) is 1. The number of hydrogen-bond acceptors (Lipinski definition) is 2. The van der Waals surface area contributed by atoms with Crippen molar-refractivity contribution < 1.29 is 0 Å². The lowest BCUT2D eigenvalue weighted by Gasteiger charge is -2.27. The average Bonchev–Trinajstić information content (AvgIpc) is 3.27. The quantitative estimate of drug-likeness (QED) is 0.157. The zero-order valence-electron chi connectivity index (χ0n) is 31.7. The van der Waals surface area contributed by atoms with E-state index >= 15 is 0 Å². The maximum Gasteiger partial charge on any atom is 0.0540 e. The molecule has 10 aromatic rings. The van der Waals surface area contributed by atoms with E-state index < -0.39 is 0 Å². The highest BCUT2D eigenvalue weighted by Gasteiger charge is 2.19. The van der Waals surface area contributed by atoms with Crippen LogP contribution >= 0.6 is 0 Å². The minimum atomic E-state index is 1.02. The van der Waals surface area contributed by atoms with Gasteiger partial charge in [-0.05, 0) is 122 Å². The highest BCUT2D eigenvalue weighted by atomic mass is 15.1. The molecule has 0 fully saturated rings.